The van der Waals surface area contributed by atoms with Gasteiger partial charge in [-0.2, -0.15) is 0 Å². The minimum atomic E-state index is -3.33. The average molecular weight is 428 g/mol. The summed E-state index contributed by atoms with van der Waals surface area (Å²) in [6, 6.07) is 12.0. The molecule has 136 valence electrons. The lowest BCUT2D eigenvalue weighted by Crippen LogP contribution is -2.13. The number of rotatable bonds is 6. The van der Waals surface area contributed by atoms with Crippen molar-refractivity contribution in [3.63, 3.8) is 0 Å². The van der Waals surface area contributed by atoms with E-state index in [0.717, 1.165) is 20.8 Å². The highest BCUT2D eigenvalue weighted by Crippen LogP contribution is 2.31. The Bertz CT molecular complexity index is 1050. The van der Waals surface area contributed by atoms with Crippen molar-refractivity contribution in [3.05, 3.63) is 47.5 Å². The highest BCUT2D eigenvalue weighted by Gasteiger charge is 2.10. The molecule has 0 atom stereocenters. The number of carbonyl (C=O) groups is 1. The molecule has 0 spiro atoms. The number of fused-ring (bicyclic) bond motifs is 1. The second-order valence-corrected chi connectivity index (χ2v) is 9.82. The third-order valence-electron chi connectivity index (χ3n) is 3.13. The molecule has 0 fully saturated rings. The number of carbonyl (C=O) groups excluding carboxylic acids is 1. The molecule has 1 aromatic heterocycles. The van der Waals surface area contributed by atoms with Gasteiger partial charge in [-0.05, 0) is 42.5 Å². The largest absolute Gasteiger partial charge is 0.325 e. The average Bonchev–Trinajstić information content (AvgIpc) is 2.96. The van der Waals surface area contributed by atoms with E-state index < -0.39 is 10.0 Å². The Hall–Kier alpha value is -1.81. The number of hydrogen-bond acceptors (Lipinski definition) is 6. The van der Waals surface area contributed by atoms with E-state index in [1.165, 1.54) is 23.1 Å². The van der Waals surface area contributed by atoms with E-state index in [0.29, 0.717) is 16.4 Å². The predicted octanol–water partition coefficient (Wildman–Crippen LogP) is 4.05. The Kier molecular flexibility index (Phi) is 5.71. The van der Waals surface area contributed by atoms with E-state index in [1.54, 1.807) is 42.5 Å². The van der Waals surface area contributed by atoms with Gasteiger partial charge in [0, 0.05) is 10.7 Å². The maximum Gasteiger partial charge on any atom is 0.234 e. The van der Waals surface area contributed by atoms with E-state index >= 15 is 0 Å². The third kappa shape index (κ3) is 5.34. The molecule has 1 heterocycles. The van der Waals surface area contributed by atoms with Crippen molar-refractivity contribution in [1.29, 1.82) is 0 Å². The van der Waals surface area contributed by atoms with Crippen LogP contribution in [0.2, 0.25) is 5.02 Å². The van der Waals surface area contributed by atoms with Gasteiger partial charge in [-0.25, -0.2) is 13.4 Å². The normalized spacial score (nSPS) is 11.5. The first-order chi connectivity index (χ1) is 12.3. The van der Waals surface area contributed by atoms with Crippen LogP contribution in [-0.4, -0.2) is 31.3 Å². The quantitative estimate of drug-likeness (QED) is 0.579. The van der Waals surface area contributed by atoms with Gasteiger partial charge in [0.2, 0.25) is 15.9 Å². The summed E-state index contributed by atoms with van der Waals surface area (Å²) in [7, 11) is -3.33. The minimum Gasteiger partial charge on any atom is -0.325 e. The van der Waals surface area contributed by atoms with Crippen LogP contribution in [-0.2, 0) is 14.8 Å². The maximum atomic E-state index is 12.0. The molecule has 3 rings (SSSR count). The molecule has 2 N–H and O–H groups in total. The standard InChI is InChI=1S/C16H14ClN3O3S3/c1-26(22,23)20-12-6-7-13-14(8-12)25-16(19-13)24-9-15(21)18-11-4-2-10(17)3-5-11/h2-8,20H,9H2,1H3,(H,18,21). The SMILES string of the molecule is CS(=O)(=O)Nc1ccc2nc(SCC(=O)Nc3ccc(Cl)cc3)sc2c1. The van der Waals surface area contributed by atoms with E-state index in [-0.39, 0.29) is 11.7 Å². The number of nitrogens with zero attached hydrogens (tertiary/aromatic N) is 1. The van der Waals surface area contributed by atoms with Crippen LogP contribution in [0.1, 0.15) is 0 Å². The molecule has 0 saturated carbocycles. The van der Waals surface area contributed by atoms with Crippen molar-refractivity contribution < 1.29 is 13.2 Å². The molecule has 1 amide bonds. The van der Waals surface area contributed by atoms with Crippen LogP contribution in [0.25, 0.3) is 10.2 Å². The van der Waals surface area contributed by atoms with Crippen LogP contribution in [0.15, 0.2) is 46.8 Å². The van der Waals surface area contributed by atoms with Crippen LogP contribution >= 0.6 is 34.7 Å². The first kappa shape index (κ1) is 19.0. The fourth-order valence-electron chi connectivity index (χ4n) is 2.10. The zero-order chi connectivity index (χ0) is 18.7. The first-order valence-corrected chi connectivity index (χ1v) is 11.4. The van der Waals surface area contributed by atoms with Gasteiger partial charge in [0.05, 0.1) is 27.9 Å². The fourth-order valence-corrected chi connectivity index (χ4v) is 4.69. The van der Waals surface area contributed by atoms with Gasteiger partial charge >= 0.3 is 0 Å². The number of thioether (sulfide) groups is 1. The molecule has 0 aliphatic rings. The molecule has 6 nitrogen and oxygen atoms in total. The Morgan fingerprint density at radius 2 is 1.88 bits per heavy atom. The minimum absolute atomic E-state index is 0.143. The number of amides is 1. The zero-order valence-electron chi connectivity index (χ0n) is 13.5. The number of hydrogen-bond donors (Lipinski definition) is 2. The summed E-state index contributed by atoms with van der Waals surface area (Å²) in [6.45, 7) is 0. The second kappa shape index (κ2) is 7.83. The molecule has 2 aromatic carbocycles. The van der Waals surface area contributed by atoms with Crippen LogP contribution in [0.5, 0.6) is 0 Å². The van der Waals surface area contributed by atoms with Crippen molar-refractivity contribution in [3.8, 4) is 0 Å². The summed E-state index contributed by atoms with van der Waals surface area (Å²) in [6.07, 6.45) is 1.10. The number of sulfonamides is 1. The summed E-state index contributed by atoms with van der Waals surface area (Å²) in [4.78, 5) is 16.5. The molecule has 3 aromatic rings. The van der Waals surface area contributed by atoms with Crippen molar-refractivity contribution in [1.82, 2.24) is 4.98 Å². The molecule has 0 radical (unpaired) electrons. The summed E-state index contributed by atoms with van der Waals surface area (Å²) in [5, 5.41) is 3.40. The number of thiazole rings is 1. The zero-order valence-corrected chi connectivity index (χ0v) is 16.7. The van der Waals surface area contributed by atoms with E-state index in [4.69, 9.17) is 11.6 Å². The Balaban J connectivity index is 1.63. The summed E-state index contributed by atoms with van der Waals surface area (Å²) in [5.41, 5.74) is 1.93. The molecule has 0 bridgehead atoms. The smallest absolute Gasteiger partial charge is 0.234 e. The number of benzene rings is 2. The molecule has 0 aliphatic heterocycles. The molecule has 0 unspecified atom stereocenters. The lowest BCUT2D eigenvalue weighted by Gasteiger charge is -2.03. The highest BCUT2D eigenvalue weighted by molar-refractivity contribution is 8.01. The molecule has 10 heteroatoms. The van der Waals surface area contributed by atoms with E-state index in [1.807, 2.05) is 0 Å². The number of halogens is 1. The predicted molar refractivity (Wildman–Crippen MR) is 109 cm³/mol. The van der Waals surface area contributed by atoms with Crippen molar-refractivity contribution in [2.75, 3.05) is 22.0 Å². The molecule has 0 saturated heterocycles. The van der Waals surface area contributed by atoms with Crippen LogP contribution in [0.3, 0.4) is 0 Å². The van der Waals surface area contributed by atoms with Crippen LogP contribution in [0, 0.1) is 0 Å². The maximum absolute atomic E-state index is 12.0. The number of nitrogens with one attached hydrogen (secondary N) is 2. The van der Waals surface area contributed by atoms with Gasteiger partial charge in [0.15, 0.2) is 4.34 Å². The van der Waals surface area contributed by atoms with Gasteiger partial charge < -0.3 is 5.32 Å². The molecular weight excluding hydrogens is 414 g/mol. The van der Waals surface area contributed by atoms with Gasteiger partial charge in [0.1, 0.15) is 0 Å². The first-order valence-electron chi connectivity index (χ1n) is 7.35. The summed E-state index contributed by atoms with van der Waals surface area (Å²) >= 11 is 8.55. The third-order valence-corrected chi connectivity index (χ3v) is 6.15. The Morgan fingerprint density at radius 3 is 2.58 bits per heavy atom. The van der Waals surface area contributed by atoms with Crippen molar-refractivity contribution in [2.24, 2.45) is 0 Å². The monoisotopic (exact) mass is 427 g/mol. The molecular formula is C16H14ClN3O3S3. The van der Waals surface area contributed by atoms with Crippen LogP contribution in [0.4, 0.5) is 11.4 Å². The van der Waals surface area contributed by atoms with E-state index in [9.17, 15) is 13.2 Å². The Labute approximate surface area is 164 Å². The van der Waals surface area contributed by atoms with Gasteiger partial charge in [0.25, 0.3) is 0 Å². The lowest BCUT2D eigenvalue weighted by molar-refractivity contribution is -0.113. The van der Waals surface area contributed by atoms with Crippen molar-refractivity contribution in [2.45, 2.75) is 4.34 Å². The van der Waals surface area contributed by atoms with Gasteiger partial charge in [-0.1, -0.05) is 23.4 Å². The van der Waals surface area contributed by atoms with E-state index in [2.05, 4.69) is 15.0 Å². The van der Waals surface area contributed by atoms with Crippen LogP contribution < -0.4 is 10.0 Å². The van der Waals surface area contributed by atoms with Gasteiger partial charge in [-0.3, -0.25) is 9.52 Å². The number of anilines is 2. The summed E-state index contributed by atoms with van der Waals surface area (Å²) in [5.74, 6) is 0.0766. The van der Waals surface area contributed by atoms with Gasteiger partial charge in [-0.15, -0.1) is 11.3 Å². The topological polar surface area (TPSA) is 88.2 Å². The number of aromatic nitrogens is 1. The second-order valence-electron chi connectivity index (χ2n) is 5.38. The molecule has 0 aliphatic carbocycles. The summed E-state index contributed by atoms with van der Waals surface area (Å²) < 4.78 is 26.6. The lowest BCUT2D eigenvalue weighted by atomic mass is 10.3. The van der Waals surface area contributed by atoms with Crippen molar-refractivity contribution >= 4 is 72.2 Å². The Morgan fingerprint density at radius 1 is 1.19 bits per heavy atom. The molecule has 26 heavy (non-hydrogen) atoms. The highest BCUT2D eigenvalue weighted by atomic mass is 35.5. The fraction of sp³-hybridized carbons (Fsp3) is 0.125.